The molecule has 0 radical (unpaired) electrons. The molecule has 0 aliphatic heterocycles. The van der Waals surface area contributed by atoms with E-state index in [-0.39, 0.29) is 17.0 Å². The number of hydrogen-bond acceptors (Lipinski definition) is 6. The van der Waals surface area contributed by atoms with E-state index in [0.29, 0.717) is 41.6 Å². The Morgan fingerprint density at radius 3 is 2.21 bits per heavy atom. The van der Waals surface area contributed by atoms with Gasteiger partial charge in [-0.15, -0.1) is 0 Å². The lowest BCUT2D eigenvalue weighted by Crippen LogP contribution is -2.40. The zero-order valence-corrected chi connectivity index (χ0v) is 22.5. The van der Waals surface area contributed by atoms with E-state index in [9.17, 15) is 4.79 Å². The molecule has 1 atom stereocenters. The van der Waals surface area contributed by atoms with Gasteiger partial charge in [0, 0.05) is 18.2 Å². The third kappa shape index (κ3) is 5.45. The van der Waals surface area contributed by atoms with Gasteiger partial charge in [0.15, 0.2) is 23.1 Å². The van der Waals surface area contributed by atoms with Gasteiger partial charge in [-0.2, -0.15) is 0 Å². The van der Waals surface area contributed by atoms with Gasteiger partial charge in [-0.25, -0.2) is 13.8 Å². The van der Waals surface area contributed by atoms with Gasteiger partial charge in [0.2, 0.25) is 11.7 Å². The Bertz CT molecular complexity index is 1460. The number of halogens is 2. The van der Waals surface area contributed by atoms with Crippen LogP contribution < -0.4 is 25.3 Å². The molecule has 206 valence electrons. The van der Waals surface area contributed by atoms with Gasteiger partial charge in [0.05, 0.1) is 26.8 Å². The van der Waals surface area contributed by atoms with Crippen molar-refractivity contribution in [3.8, 4) is 28.6 Å². The number of methoxy groups -OCH3 is 3. The van der Waals surface area contributed by atoms with Gasteiger partial charge in [-0.1, -0.05) is 44.2 Å². The number of fused-ring (bicyclic) bond motifs is 1. The SMILES string of the molecule is COc1cc(-c2nc3cc(F)c(NC(C(N)=O)C(C)C)c(F)c3n2CCc2ccccc2)cc(OC)c1OC. The molecular weight excluding hydrogens is 506 g/mol. The minimum Gasteiger partial charge on any atom is -0.493 e. The van der Waals surface area contributed by atoms with E-state index < -0.39 is 29.3 Å². The van der Waals surface area contributed by atoms with Crippen molar-refractivity contribution in [2.45, 2.75) is 32.9 Å². The summed E-state index contributed by atoms with van der Waals surface area (Å²) in [5, 5.41) is 2.69. The van der Waals surface area contributed by atoms with Gasteiger partial charge in [-0.3, -0.25) is 4.79 Å². The molecule has 0 saturated carbocycles. The Kier molecular flexibility index (Phi) is 8.23. The molecule has 0 aliphatic rings. The fraction of sp³-hybridized carbons (Fsp3) is 0.310. The van der Waals surface area contributed by atoms with Crippen molar-refractivity contribution >= 4 is 22.6 Å². The second-order valence-corrected chi connectivity index (χ2v) is 9.42. The Hall–Kier alpha value is -4.34. The van der Waals surface area contributed by atoms with Crippen LogP contribution in [0.4, 0.5) is 14.5 Å². The van der Waals surface area contributed by atoms with E-state index in [4.69, 9.17) is 19.9 Å². The number of nitrogens with two attached hydrogens (primary N) is 1. The maximum absolute atomic E-state index is 16.2. The second-order valence-electron chi connectivity index (χ2n) is 9.42. The first-order valence-electron chi connectivity index (χ1n) is 12.5. The van der Waals surface area contributed by atoms with Gasteiger partial charge >= 0.3 is 0 Å². The smallest absolute Gasteiger partial charge is 0.240 e. The molecule has 1 unspecified atom stereocenters. The van der Waals surface area contributed by atoms with Gasteiger partial charge < -0.3 is 29.8 Å². The summed E-state index contributed by atoms with van der Waals surface area (Å²) in [6.45, 7) is 3.81. The molecule has 4 rings (SSSR count). The number of rotatable bonds is 11. The number of anilines is 1. The monoisotopic (exact) mass is 538 g/mol. The number of ether oxygens (including phenoxy) is 3. The third-order valence-corrected chi connectivity index (χ3v) is 6.59. The Morgan fingerprint density at radius 1 is 1.03 bits per heavy atom. The van der Waals surface area contributed by atoms with E-state index in [0.717, 1.165) is 11.6 Å². The lowest BCUT2D eigenvalue weighted by atomic mass is 10.0. The van der Waals surface area contributed by atoms with Crippen LogP contribution in [0.2, 0.25) is 0 Å². The topological polar surface area (TPSA) is 101 Å². The normalized spacial score (nSPS) is 12.0. The van der Waals surface area contributed by atoms with Crippen LogP contribution in [0.1, 0.15) is 19.4 Å². The molecule has 1 aromatic heterocycles. The summed E-state index contributed by atoms with van der Waals surface area (Å²) in [6, 6.07) is 13.3. The minimum absolute atomic E-state index is 0.0885. The molecule has 0 bridgehead atoms. The quantitative estimate of drug-likeness (QED) is 0.273. The van der Waals surface area contributed by atoms with Gasteiger partial charge in [-0.05, 0) is 30.0 Å². The van der Waals surface area contributed by atoms with Crippen molar-refractivity contribution in [3.63, 3.8) is 0 Å². The Balaban J connectivity index is 1.94. The number of aromatic nitrogens is 2. The first kappa shape index (κ1) is 27.7. The minimum atomic E-state index is -0.971. The summed E-state index contributed by atoms with van der Waals surface area (Å²) in [5.41, 5.74) is 6.86. The maximum atomic E-state index is 16.2. The summed E-state index contributed by atoms with van der Waals surface area (Å²) < 4.78 is 49.5. The van der Waals surface area contributed by atoms with Crippen molar-refractivity contribution in [1.82, 2.24) is 9.55 Å². The maximum Gasteiger partial charge on any atom is 0.240 e. The van der Waals surface area contributed by atoms with Crippen molar-refractivity contribution in [2.75, 3.05) is 26.6 Å². The number of nitrogens with one attached hydrogen (secondary N) is 1. The molecule has 0 aliphatic carbocycles. The number of nitrogens with zero attached hydrogens (tertiary/aromatic N) is 2. The molecule has 39 heavy (non-hydrogen) atoms. The molecule has 10 heteroatoms. The largest absolute Gasteiger partial charge is 0.493 e. The molecule has 3 N–H and O–H groups in total. The van der Waals surface area contributed by atoms with E-state index in [1.54, 1.807) is 30.5 Å². The van der Waals surface area contributed by atoms with Gasteiger partial charge in [0.25, 0.3) is 0 Å². The predicted octanol–water partition coefficient (Wildman–Crippen LogP) is 5.17. The summed E-state index contributed by atoms with van der Waals surface area (Å²) in [7, 11) is 4.49. The third-order valence-electron chi connectivity index (χ3n) is 6.59. The Morgan fingerprint density at radius 2 is 1.67 bits per heavy atom. The van der Waals surface area contributed by atoms with Crippen molar-refractivity contribution in [3.05, 3.63) is 65.7 Å². The molecule has 3 aromatic carbocycles. The fourth-order valence-electron chi connectivity index (χ4n) is 4.61. The molecule has 1 amide bonds. The van der Waals surface area contributed by atoms with Crippen LogP contribution in [0.25, 0.3) is 22.4 Å². The van der Waals surface area contributed by atoms with Crippen LogP contribution in [0.3, 0.4) is 0 Å². The van der Waals surface area contributed by atoms with E-state index in [2.05, 4.69) is 10.3 Å². The summed E-state index contributed by atoms with van der Waals surface area (Å²) >= 11 is 0. The molecular formula is C29H32F2N4O4. The Labute approximate surface area is 225 Å². The highest BCUT2D eigenvalue weighted by molar-refractivity contribution is 5.88. The number of hydrogen-bond donors (Lipinski definition) is 2. The zero-order chi connectivity index (χ0) is 28.3. The van der Waals surface area contributed by atoms with Crippen molar-refractivity contribution in [2.24, 2.45) is 11.7 Å². The summed E-state index contributed by atoms with van der Waals surface area (Å²) in [6.07, 6.45) is 0.555. The molecule has 4 aromatic rings. The highest BCUT2D eigenvalue weighted by atomic mass is 19.1. The number of amides is 1. The van der Waals surface area contributed by atoms with Crippen LogP contribution in [0.15, 0.2) is 48.5 Å². The summed E-state index contributed by atoms with van der Waals surface area (Å²) in [4.78, 5) is 16.6. The first-order chi connectivity index (χ1) is 18.7. The van der Waals surface area contributed by atoms with E-state index in [1.807, 2.05) is 30.3 Å². The lowest BCUT2D eigenvalue weighted by Gasteiger charge is -2.21. The zero-order valence-electron chi connectivity index (χ0n) is 22.5. The molecule has 0 spiro atoms. The first-order valence-corrected chi connectivity index (χ1v) is 12.5. The van der Waals surface area contributed by atoms with Crippen LogP contribution in [0.5, 0.6) is 17.2 Å². The van der Waals surface area contributed by atoms with Crippen LogP contribution in [-0.4, -0.2) is 42.8 Å². The number of carbonyl (C=O) groups excluding carboxylic acids is 1. The summed E-state index contributed by atoms with van der Waals surface area (Å²) in [5.74, 6) is -1.19. The van der Waals surface area contributed by atoms with Crippen molar-refractivity contribution < 1.29 is 27.8 Å². The molecule has 0 saturated heterocycles. The molecule has 0 fully saturated rings. The van der Waals surface area contributed by atoms with Crippen LogP contribution >= 0.6 is 0 Å². The highest BCUT2D eigenvalue weighted by Crippen LogP contribution is 2.42. The number of benzene rings is 3. The van der Waals surface area contributed by atoms with Crippen LogP contribution in [0, 0.1) is 17.6 Å². The standard InChI is InChI=1S/C29H32F2N4O4/c1-16(2)24(28(32)36)34-25-19(30)15-20-26(23(25)31)35(12-11-17-9-7-6-8-10-17)29(33-20)18-13-21(37-3)27(39-5)22(14-18)38-4/h6-10,13-16,24,34H,11-12H2,1-5H3,(H2,32,36). The fourth-order valence-corrected chi connectivity index (χ4v) is 4.61. The van der Waals surface area contributed by atoms with Crippen LogP contribution in [-0.2, 0) is 17.8 Å². The lowest BCUT2D eigenvalue weighted by molar-refractivity contribution is -0.119. The average molecular weight is 539 g/mol. The molecule has 8 nitrogen and oxygen atoms in total. The number of imidazole rings is 1. The average Bonchev–Trinajstić information content (AvgIpc) is 3.29. The van der Waals surface area contributed by atoms with E-state index >= 15 is 8.78 Å². The molecule has 1 heterocycles. The van der Waals surface area contributed by atoms with Gasteiger partial charge in [0.1, 0.15) is 23.1 Å². The number of primary amides is 1. The number of carbonyl (C=O) groups is 1. The predicted molar refractivity (Wildman–Crippen MR) is 146 cm³/mol. The van der Waals surface area contributed by atoms with Crippen molar-refractivity contribution in [1.29, 1.82) is 0 Å². The number of aryl methyl sites for hydroxylation is 2. The highest BCUT2D eigenvalue weighted by Gasteiger charge is 2.27. The van der Waals surface area contributed by atoms with E-state index in [1.165, 1.54) is 21.3 Å². The second kappa shape index (κ2) is 11.6.